The van der Waals surface area contributed by atoms with E-state index < -0.39 is 4.92 Å². The van der Waals surface area contributed by atoms with Gasteiger partial charge in [-0.15, -0.1) is 0 Å². The molecule has 0 fully saturated rings. The molecule has 2 aromatic rings. The summed E-state index contributed by atoms with van der Waals surface area (Å²) < 4.78 is 0. The fourth-order valence-corrected chi connectivity index (χ4v) is 1.99. The van der Waals surface area contributed by atoms with Crippen molar-refractivity contribution in [2.75, 3.05) is 5.32 Å². The van der Waals surface area contributed by atoms with E-state index in [1.54, 1.807) is 18.2 Å². The van der Waals surface area contributed by atoms with Gasteiger partial charge in [-0.3, -0.25) is 10.1 Å². The second-order valence-electron chi connectivity index (χ2n) is 4.06. The van der Waals surface area contributed by atoms with E-state index in [1.807, 2.05) is 0 Å². The maximum absolute atomic E-state index is 10.9. The Morgan fingerprint density at radius 1 is 1.15 bits per heavy atom. The molecule has 0 amide bonds. The highest BCUT2D eigenvalue weighted by atomic mass is 35.5. The smallest absolute Gasteiger partial charge is 0.296 e. The van der Waals surface area contributed by atoms with Crippen LogP contribution in [0, 0.1) is 10.1 Å². The molecule has 0 unspecified atom stereocenters. The minimum absolute atomic E-state index is 0.156. The largest absolute Gasteiger partial charge is 0.508 e. The summed E-state index contributed by atoms with van der Waals surface area (Å²) in [6.45, 7) is 0.350. The number of phenols is 1. The van der Waals surface area contributed by atoms with Crippen LogP contribution in [-0.2, 0) is 6.54 Å². The van der Waals surface area contributed by atoms with Crippen molar-refractivity contribution in [3.8, 4) is 5.75 Å². The maximum Gasteiger partial charge on any atom is 0.296 e. The van der Waals surface area contributed by atoms with Crippen molar-refractivity contribution in [2.45, 2.75) is 6.54 Å². The van der Waals surface area contributed by atoms with Crippen LogP contribution in [0.3, 0.4) is 0 Å². The quantitative estimate of drug-likeness (QED) is 0.503. The van der Waals surface area contributed by atoms with E-state index in [0.29, 0.717) is 22.3 Å². The molecule has 0 saturated heterocycles. The van der Waals surface area contributed by atoms with Gasteiger partial charge in [-0.1, -0.05) is 29.3 Å². The Labute approximate surface area is 124 Å². The molecular formula is C13H10Cl2N2O3. The fourth-order valence-electron chi connectivity index (χ4n) is 1.67. The molecule has 5 nitrogen and oxygen atoms in total. The molecule has 0 radical (unpaired) electrons. The van der Waals surface area contributed by atoms with Crippen LogP contribution in [0.5, 0.6) is 5.75 Å². The number of anilines is 1. The molecule has 2 rings (SSSR count). The molecular weight excluding hydrogens is 303 g/mol. The lowest BCUT2D eigenvalue weighted by atomic mass is 10.2. The number of hydrogen-bond donors (Lipinski definition) is 2. The van der Waals surface area contributed by atoms with Crippen molar-refractivity contribution < 1.29 is 10.0 Å². The van der Waals surface area contributed by atoms with E-state index >= 15 is 0 Å². The zero-order valence-electron chi connectivity index (χ0n) is 10.1. The highest BCUT2D eigenvalue weighted by Gasteiger charge is 2.14. The normalized spacial score (nSPS) is 10.3. The number of rotatable bonds is 4. The Morgan fingerprint density at radius 2 is 1.90 bits per heavy atom. The third-order valence-corrected chi connectivity index (χ3v) is 3.38. The van der Waals surface area contributed by atoms with Crippen molar-refractivity contribution in [3.05, 3.63) is 62.1 Å². The molecule has 0 bridgehead atoms. The Balaban J connectivity index is 2.18. The summed E-state index contributed by atoms with van der Waals surface area (Å²) in [5, 5.41) is 24.0. The van der Waals surface area contributed by atoms with Crippen LogP contribution in [0.4, 0.5) is 11.4 Å². The molecule has 0 spiro atoms. The summed E-state index contributed by atoms with van der Waals surface area (Å²) in [5.41, 5.74) is 0.964. The van der Waals surface area contributed by atoms with Crippen LogP contribution in [0.15, 0.2) is 36.4 Å². The lowest BCUT2D eigenvalue weighted by molar-refractivity contribution is -0.384. The van der Waals surface area contributed by atoms with Crippen molar-refractivity contribution in [1.82, 2.24) is 0 Å². The van der Waals surface area contributed by atoms with E-state index in [-0.39, 0.29) is 11.4 Å². The van der Waals surface area contributed by atoms with Gasteiger partial charge in [0.05, 0.1) is 21.0 Å². The number of nitro benzene ring substituents is 1. The summed E-state index contributed by atoms with van der Waals surface area (Å²) >= 11 is 11.7. The molecule has 0 aliphatic heterocycles. The van der Waals surface area contributed by atoms with Gasteiger partial charge in [0.2, 0.25) is 0 Å². The monoisotopic (exact) mass is 312 g/mol. The average molecular weight is 313 g/mol. The summed E-state index contributed by atoms with van der Waals surface area (Å²) in [5.74, 6) is -0.156. The molecule has 2 N–H and O–H groups in total. The standard InChI is InChI=1S/C13H10Cl2N2O3/c14-10-3-1-8(5-11(10)15)7-16-12-4-2-9(18)6-13(12)17(19)20/h1-6,16,18H,7H2. The predicted octanol–water partition coefficient (Wildman–Crippen LogP) is 4.22. The Hall–Kier alpha value is -1.98. The number of nitrogens with one attached hydrogen (secondary N) is 1. The van der Waals surface area contributed by atoms with Crippen LogP contribution in [0.25, 0.3) is 0 Å². The van der Waals surface area contributed by atoms with Crippen molar-refractivity contribution in [2.24, 2.45) is 0 Å². The molecule has 0 aliphatic carbocycles. The van der Waals surface area contributed by atoms with E-state index in [4.69, 9.17) is 23.2 Å². The first-order valence-electron chi connectivity index (χ1n) is 5.62. The van der Waals surface area contributed by atoms with Gasteiger partial charge in [-0.05, 0) is 29.8 Å². The molecule has 20 heavy (non-hydrogen) atoms. The Kier molecular flexibility index (Phi) is 4.32. The van der Waals surface area contributed by atoms with Crippen LogP contribution in [-0.4, -0.2) is 10.0 Å². The first-order chi connectivity index (χ1) is 9.47. The maximum atomic E-state index is 10.9. The lowest BCUT2D eigenvalue weighted by Gasteiger charge is -2.08. The van der Waals surface area contributed by atoms with Gasteiger partial charge in [0.25, 0.3) is 5.69 Å². The zero-order valence-corrected chi connectivity index (χ0v) is 11.6. The van der Waals surface area contributed by atoms with Gasteiger partial charge in [0.15, 0.2) is 0 Å². The van der Waals surface area contributed by atoms with E-state index in [0.717, 1.165) is 11.6 Å². The second-order valence-corrected chi connectivity index (χ2v) is 4.87. The van der Waals surface area contributed by atoms with Gasteiger partial charge in [-0.25, -0.2) is 0 Å². The number of nitrogens with zero attached hydrogens (tertiary/aromatic N) is 1. The Morgan fingerprint density at radius 3 is 2.55 bits per heavy atom. The molecule has 0 aromatic heterocycles. The molecule has 0 saturated carbocycles. The van der Waals surface area contributed by atoms with Gasteiger partial charge in [-0.2, -0.15) is 0 Å². The fraction of sp³-hybridized carbons (Fsp3) is 0.0769. The van der Waals surface area contributed by atoms with Crippen molar-refractivity contribution >= 4 is 34.6 Å². The second kappa shape index (κ2) is 5.98. The molecule has 0 heterocycles. The molecule has 0 atom stereocenters. The van der Waals surface area contributed by atoms with Gasteiger partial charge >= 0.3 is 0 Å². The van der Waals surface area contributed by atoms with E-state index in [2.05, 4.69) is 5.32 Å². The molecule has 104 valence electrons. The van der Waals surface area contributed by atoms with Crippen LogP contribution < -0.4 is 5.32 Å². The lowest BCUT2D eigenvalue weighted by Crippen LogP contribution is -2.02. The molecule has 0 aliphatic rings. The predicted molar refractivity (Wildman–Crippen MR) is 78.5 cm³/mol. The van der Waals surface area contributed by atoms with Crippen molar-refractivity contribution in [1.29, 1.82) is 0 Å². The van der Waals surface area contributed by atoms with Gasteiger partial charge in [0.1, 0.15) is 11.4 Å². The van der Waals surface area contributed by atoms with Crippen molar-refractivity contribution in [3.63, 3.8) is 0 Å². The van der Waals surface area contributed by atoms with E-state index in [9.17, 15) is 15.2 Å². The summed E-state index contributed by atoms with van der Waals surface area (Å²) in [7, 11) is 0. The van der Waals surface area contributed by atoms with E-state index in [1.165, 1.54) is 12.1 Å². The SMILES string of the molecule is O=[N+]([O-])c1cc(O)ccc1NCc1ccc(Cl)c(Cl)c1. The van der Waals surface area contributed by atoms with Crippen LogP contribution >= 0.6 is 23.2 Å². The minimum atomic E-state index is -0.559. The first-order valence-corrected chi connectivity index (χ1v) is 6.38. The van der Waals surface area contributed by atoms with Crippen LogP contribution in [0.2, 0.25) is 10.0 Å². The summed E-state index contributed by atoms with van der Waals surface area (Å²) in [6.07, 6.45) is 0. The highest BCUT2D eigenvalue weighted by molar-refractivity contribution is 6.42. The van der Waals surface area contributed by atoms with Gasteiger partial charge in [0, 0.05) is 6.54 Å². The van der Waals surface area contributed by atoms with Crippen LogP contribution in [0.1, 0.15) is 5.56 Å². The summed E-state index contributed by atoms with van der Waals surface area (Å²) in [4.78, 5) is 10.3. The molecule has 7 heteroatoms. The average Bonchev–Trinajstić information content (AvgIpc) is 2.41. The van der Waals surface area contributed by atoms with Gasteiger partial charge < -0.3 is 10.4 Å². The number of aromatic hydroxyl groups is 1. The Bertz CT molecular complexity index is 662. The topological polar surface area (TPSA) is 75.4 Å². The zero-order chi connectivity index (χ0) is 14.7. The molecule has 2 aromatic carbocycles. The number of hydrogen-bond acceptors (Lipinski definition) is 4. The number of phenolic OH excluding ortho intramolecular Hbond substituents is 1. The highest BCUT2D eigenvalue weighted by Crippen LogP contribution is 2.29. The number of benzene rings is 2. The first kappa shape index (κ1) is 14.4. The summed E-state index contributed by atoms with van der Waals surface area (Å²) in [6, 6.07) is 9.04. The third-order valence-electron chi connectivity index (χ3n) is 2.64. The minimum Gasteiger partial charge on any atom is -0.508 e. The number of halogens is 2. The third kappa shape index (κ3) is 3.31. The number of nitro groups is 1.